The molecule has 0 atom stereocenters. The number of halogens is 2. The monoisotopic (exact) mass is 289 g/mol. The van der Waals surface area contributed by atoms with Crippen molar-refractivity contribution in [1.29, 1.82) is 0 Å². The van der Waals surface area contributed by atoms with Crippen molar-refractivity contribution < 1.29 is 9.53 Å². The Kier molecular flexibility index (Phi) is 4.04. The maximum atomic E-state index is 11.9. The largest absolute Gasteiger partial charge is 0.376 e. The van der Waals surface area contributed by atoms with Gasteiger partial charge in [-0.05, 0) is 25.3 Å². The van der Waals surface area contributed by atoms with Gasteiger partial charge in [-0.3, -0.25) is 4.79 Å². The first kappa shape index (κ1) is 13.5. The molecule has 1 fully saturated rings. The standard InChI is InChI=1S/C11H13Cl2N3O2/c1-18-11(3-2-4-11)6-14-10(17)7-5-8(12)15-16-9(7)13/h5H,2-4,6H2,1H3,(H,14,17). The summed E-state index contributed by atoms with van der Waals surface area (Å²) in [6.07, 6.45) is 3.02. The molecule has 1 saturated carbocycles. The Morgan fingerprint density at radius 3 is 2.78 bits per heavy atom. The van der Waals surface area contributed by atoms with Gasteiger partial charge < -0.3 is 10.1 Å². The number of methoxy groups -OCH3 is 1. The van der Waals surface area contributed by atoms with Crippen LogP contribution in [0, 0.1) is 0 Å². The summed E-state index contributed by atoms with van der Waals surface area (Å²) >= 11 is 11.5. The van der Waals surface area contributed by atoms with Crippen molar-refractivity contribution in [3.05, 3.63) is 21.9 Å². The molecule has 0 unspecified atom stereocenters. The Hall–Kier alpha value is -0.910. The number of hydrogen-bond donors (Lipinski definition) is 1. The highest BCUT2D eigenvalue weighted by Gasteiger charge is 2.37. The molecular formula is C11H13Cl2N3O2. The predicted molar refractivity (Wildman–Crippen MR) is 68.0 cm³/mol. The summed E-state index contributed by atoms with van der Waals surface area (Å²) in [5.74, 6) is -0.319. The van der Waals surface area contributed by atoms with E-state index >= 15 is 0 Å². The maximum absolute atomic E-state index is 11.9. The molecule has 0 bridgehead atoms. The molecule has 7 heteroatoms. The van der Waals surface area contributed by atoms with Crippen molar-refractivity contribution in [2.75, 3.05) is 13.7 Å². The van der Waals surface area contributed by atoms with Gasteiger partial charge in [-0.2, -0.15) is 0 Å². The van der Waals surface area contributed by atoms with Crippen LogP contribution in [0.5, 0.6) is 0 Å². The van der Waals surface area contributed by atoms with Crippen molar-refractivity contribution >= 4 is 29.1 Å². The summed E-state index contributed by atoms with van der Waals surface area (Å²) < 4.78 is 5.41. The quantitative estimate of drug-likeness (QED) is 0.922. The van der Waals surface area contributed by atoms with Crippen LogP contribution in [-0.4, -0.2) is 35.4 Å². The molecule has 1 aromatic heterocycles. The van der Waals surface area contributed by atoms with Crippen molar-refractivity contribution in [2.24, 2.45) is 0 Å². The van der Waals surface area contributed by atoms with E-state index in [4.69, 9.17) is 27.9 Å². The molecule has 2 rings (SSSR count). The second-order valence-corrected chi connectivity index (χ2v) is 5.04. The fourth-order valence-electron chi connectivity index (χ4n) is 1.87. The number of carbonyl (C=O) groups excluding carboxylic acids is 1. The first-order valence-electron chi connectivity index (χ1n) is 5.58. The Morgan fingerprint density at radius 1 is 1.50 bits per heavy atom. The highest BCUT2D eigenvalue weighted by atomic mass is 35.5. The Labute approximate surface area is 115 Å². The van der Waals surface area contributed by atoms with E-state index < -0.39 is 0 Å². The molecule has 0 aromatic carbocycles. The van der Waals surface area contributed by atoms with Crippen LogP contribution in [0.4, 0.5) is 0 Å². The second-order valence-electron chi connectivity index (χ2n) is 4.29. The molecule has 1 aliphatic rings. The highest BCUT2D eigenvalue weighted by molar-refractivity contribution is 6.34. The van der Waals surface area contributed by atoms with Crippen molar-refractivity contribution in [1.82, 2.24) is 15.5 Å². The summed E-state index contributed by atoms with van der Waals surface area (Å²) in [6, 6.07) is 1.40. The van der Waals surface area contributed by atoms with Gasteiger partial charge in [0, 0.05) is 13.7 Å². The summed E-state index contributed by atoms with van der Waals surface area (Å²) in [6.45, 7) is 0.457. The van der Waals surface area contributed by atoms with E-state index in [1.54, 1.807) is 7.11 Å². The number of carbonyl (C=O) groups is 1. The topological polar surface area (TPSA) is 64.1 Å². The third kappa shape index (κ3) is 2.74. The second kappa shape index (κ2) is 5.38. The lowest BCUT2D eigenvalue weighted by molar-refractivity contribution is -0.0679. The lowest BCUT2D eigenvalue weighted by atomic mass is 9.80. The van der Waals surface area contributed by atoms with E-state index in [-0.39, 0.29) is 27.4 Å². The van der Waals surface area contributed by atoms with Crippen molar-refractivity contribution in [3.8, 4) is 0 Å². The van der Waals surface area contributed by atoms with Gasteiger partial charge in [-0.1, -0.05) is 23.2 Å². The van der Waals surface area contributed by atoms with E-state index in [0.29, 0.717) is 6.54 Å². The SMILES string of the molecule is COC1(CNC(=O)c2cc(Cl)nnc2Cl)CCC1. The van der Waals surface area contributed by atoms with Gasteiger partial charge in [0.25, 0.3) is 5.91 Å². The molecule has 0 aliphatic heterocycles. The van der Waals surface area contributed by atoms with Crippen LogP contribution in [-0.2, 0) is 4.74 Å². The average Bonchev–Trinajstić information content (AvgIpc) is 2.31. The fraction of sp³-hybridized carbons (Fsp3) is 0.545. The molecule has 1 N–H and O–H groups in total. The summed E-state index contributed by atoms with van der Waals surface area (Å²) in [5, 5.41) is 10.1. The molecular weight excluding hydrogens is 277 g/mol. The van der Waals surface area contributed by atoms with Gasteiger partial charge in [0.05, 0.1) is 11.2 Å². The summed E-state index contributed by atoms with van der Waals surface area (Å²) in [7, 11) is 1.66. The minimum atomic E-state index is -0.319. The van der Waals surface area contributed by atoms with Gasteiger partial charge in [-0.15, -0.1) is 10.2 Å². The van der Waals surface area contributed by atoms with Crippen LogP contribution in [0.1, 0.15) is 29.6 Å². The van der Waals surface area contributed by atoms with Crippen LogP contribution in [0.25, 0.3) is 0 Å². The molecule has 0 radical (unpaired) electrons. The molecule has 0 saturated heterocycles. The van der Waals surface area contributed by atoms with Gasteiger partial charge in [0.2, 0.25) is 0 Å². The first-order valence-corrected chi connectivity index (χ1v) is 6.34. The van der Waals surface area contributed by atoms with E-state index in [1.807, 2.05) is 0 Å². The van der Waals surface area contributed by atoms with Crippen LogP contribution in [0.2, 0.25) is 10.3 Å². The maximum Gasteiger partial charge on any atom is 0.254 e. The molecule has 1 aliphatic carbocycles. The van der Waals surface area contributed by atoms with E-state index in [9.17, 15) is 4.79 Å². The fourth-order valence-corrected chi connectivity index (χ4v) is 2.20. The number of nitrogens with one attached hydrogen (secondary N) is 1. The number of aromatic nitrogens is 2. The zero-order valence-electron chi connectivity index (χ0n) is 9.87. The van der Waals surface area contributed by atoms with Crippen LogP contribution < -0.4 is 5.32 Å². The van der Waals surface area contributed by atoms with Crippen molar-refractivity contribution in [3.63, 3.8) is 0 Å². The molecule has 0 spiro atoms. The van der Waals surface area contributed by atoms with Crippen LogP contribution in [0.15, 0.2) is 6.07 Å². The van der Waals surface area contributed by atoms with E-state index in [2.05, 4.69) is 15.5 Å². The summed E-state index contributed by atoms with van der Waals surface area (Å²) in [4.78, 5) is 11.9. The first-order chi connectivity index (χ1) is 8.56. The number of hydrogen-bond acceptors (Lipinski definition) is 4. The smallest absolute Gasteiger partial charge is 0.254 e. The van der Waals surface area contributed by atoms with Gasteiger partial charge in [-0.25, -0.2) is 0 Å². The molecule has 5 nitrogen and oxygen atoms in total. The van der Waals surface area contributed by atoms with Crippen LogP contribution in [0.3, 0.4) is 0 Å². The zero-order chi connectivity index (χ0) is 13.2. The molecule has 1 aromatic rings. The molecule has 1 heterocycles. The molecule has 1 amide bonds. The minimum Gasteiger partial charge on any atom is -0.376 e. The lowest BCUT2D eigenvalue weighted by Crippen LogP contribution is -2.49. The Balaban J connectivity index is 2.01. The summed E-state index contributed by atoms with van der Waals surface area (Å²) in [5.41, 5.74) is -0.00547. The van der Waals surface area contributed by atoms with Gasteiger partial charge in [0.1, 0.15) is 0 Å². The van der Waals surface area contributed by atoms with Crippen molar-refractivity contribution in [2.45, 2.75) is 24.9 Å². The predicted octanol–water partition coefficient (Wildman–Crippen LogP) is 2.08. The van der Waals surface area contributed by atoms with Crippen LogP contribution >= 0.6 is 23.2 Å². The Bertz CT molecular complexity index is 458. The highest BCUT2D eigenvalue weighted by Crippen LogP contribution is 2.34. The third-order valence-corrected chi connectivity index (χ3v) is 3.70. The number of amides is 1. The van der Waals surface area contributed by atoms with Gasteiger partial charge >= 0.3 is 0 Å². The number of ether oxygens (including phenoxy) is 1. The van der Waals surface area contributed by atoms with E-state index in [0.717, 1.165) is 19.3 Å². The number of nitrogens with zero attached hydrogens (tertiary/aromatic N) is 2. The minimum absolute atomic E-state index is 0.0389. The zero-order valence-corrected chi connectivity index (χ0v) is 11.4. The average molecular weight is 290 g/mol. The molecule has 98 valence electrons. The van der Waals surface area contributed by atoms with Gasteiger partial charge in [0.15, 0.2) is 10.3 Å². The van der Waals surface area contributed by atoms with E-state index in [1.165, 1.54) is 6.07 Å². The normalized spacial score (nSPS) is 17.1. The lowest BCUT2D eigenvalue weighted by Gasteiger charge is -2.40. The molecule has 18 heavy (non-hydrogen) atoms. The number of rotatable bonds is 4. The third-order valence-electron chi connectivity index (χ3n) is 3.23. The Morgan fingerprint density at radius 2 is 2.22 bits per heavy atom.